The topological polar surface area (TPSA) is 207 Å². The van der Waals surface area contributed by atoms with Crippen LogP contribution in [0.25, 0.3) is 5.52 Å². The molecule has 2 aromatic heterocycles. The number of nitrogen functional groups attached to an aromatic ring is 1. The minimum absolute atomic E-state index is 0.00716. The van der Waals surface area contributed by atoms with Crippen LogP contribution < -0.4 is 5.73 Å². The van der Waals surface area contributed by atoms with Crippen molar-refractivity contribution < 1.29 is 42.2 Å². The highest BCUT2D eigenvalue weighted by Gasteiger charge is 2.50. The van der Waals surface area contributed by atoms with Crippen molar-refractivity contribution in [2.45, 2.75) is 147 Å². The van der Waals surface area contributed by atoms with E-state index in [0.717, 1.165) is 19.3 Å². The fourth-order valence-electron chi connectivity index (χ4n) is 6.97. The largest absolute Gasteiger partial charge is 0.472 e. The lowest BCUT2D eigenvalue weighted by molar-refractivity contribution is -0.0631. The van der Waals surface area contributed by atoms with E-state index in [-0.39, 0.29) is 36.6 Å². The van der Waals surface area contributed by atoms with Gasteiger partial charge < -0.3 is 29.9 Å². The number of aliphatic hydroxyl groups is 1. The summed E-state index contributed by atoms with van der Waals surface area (Å²) in [6.07, 6.45) is 17.9. The van der Waals surface area contributed by atoms with Crippen LogP contribution in [0.3, 0.4) is 0 Å². The van der Waals surface area contributed by atoms with Crippen molar-refractivity contribution in [3.63, 3.8) is 0 Å². The van der Waals surface area contributed by atoms with Gasteiger partial charge >= 0.3 is 7.82 Å². The van der Waals surface area contributed by atoms with Crippen LogP contribution in [-0.4, -0.2) is 69.3 Å². The molecule has 1 saturated heterocycles. The first kappa shape index (κ1) is 46.2. The van der Waals surface area contributed by atoms with Crippen molar-refractivity contribution in [2.75, 3.05) is 32.2 Å². The molecule has 14 nitrogen and oxygen atoms in total. The number of aromatic nitrogens is 3. The third kappa shape index (κ3) is 15.0. The molecule has 4 rings (SSSR count). The summed E-state index contributed by atoms with van der Waals surface area (Å²) in [6, 6.07) is 11.2. The second kappa shape index (κ2) is 24.4. The maximum atomic E-state index is 14.5. The van der Waals surface area contributed by atoms with Gasteiger partial charge in [-0.1, -0.05) is 103 Å². The van der Waals surface area contributed by atoms with Crippen LogP contribution in [0.15, 0.2) is 36.7 Å². The molecule has 314 valence electrons. The summed E-state index contributed by atoms with van der Waals surface area (Å²) in [5.41, 5.74) is 5.42. The van der Waals surface area contributed by atoms with E-state index >= 15 is 0 Å². The third-order valence-corrected chi connectivity index (χ3v) is 11.2. The standard InChI is InChI=1S/C41H60FN6O8P/c1-2-3-4-5-6-7-8-9-10-11-12-13-14-15-16-17-22-52-27-34(53-26-33-23-32(25-43)18-19-35(33)42)28-54-57(50,51)55-29-38-37(49)24-41(30-44,56-38)39-21-20-36-40(45)46-31-47-48(36)39/h18-21,23,31,34,37-38,49H,2-17,22,24,26-29H2,1H3,(H,50,51)(H2,45,46,47)/t34-,37+,38-,41+/m1/s1. The van der Waals surface area contributed by atoms with Crippen LogP contribution in [0.5, 0.6) is 0 Å². The predicted octanol–water partition coefficient (Wildman–Crippen LogP) is 8.19. The van der Waals surface area contributed by atoms with Gasteiger partial charge in [-0.2, -0.15) is 15.6 Å². The normalized spacial score (nSPS) is 19.7. The number of hydrogen-bond donors (Lipinski definition) is 3. The first-order valence-corrected chi connectivity index (χ1v) is 22.0. The van der Waals surface area contributed by atoms with E-state index in [4.69, 9.17) is 29.0 Å². The number of nitrogens with zero attached hydrogens (tertiary/aromatic N) is 5. The molecule has 4 N–H and O–H groups in total. The maximum Gasteiger partial charge on any atom is 0.472 e. The Bertz CT molecular complexity index is 1790. The van der Waals surface area contributed by atoms with E-state index in [9.17, 15) is 29.5 Å². The Labute approximate surface area is 336 Å². The second-order valence-corrected chi connectivity index (χ2v) is 16.3. The Morgan fingerprint density at radius 3 is 2.26 bits per heavy atom. The van der Waals surface area contributed by atoms with E-state index in [1.807, 2.05) is 6.07 Å². The van der Waals surface area contributed by atoms with Crippen LogP contribution in [-0.2, 0) is 40.0 Å². The molecule has 1 unspecified atom stereocenters. The third-order valence-electron chi connectivity index (χ3n) is 10.3. The average Bonchev–Trinajstić information content (AvgIpc) is 3.80. The molecule has 1 aliphatic rings. The van der Waals surface area contributed by atoms with Gasteiger partial charge in [-0.25, -0.2) is 18.5 Å². The highest BCUT2D eigenvalue weighted by atomic mass is 31.2. The molecule has 1 aromatic carbocycles. The number of hydrogen-bond acceptors (Lipinski definition) is 12. The second-order valence-electron chi connectivity index (χ2n) is 14.8. The molecule has 5 atom stereocenters. The molecule has 3 aromatic rings. The number of unbranched alkanes of at least 4 members (excludes halogenated alkanes) is 15. The molecule has 0 aliphatic carbocycles. The summed E-state index contributed by atoms with van der Waals surface area (Å²) in [5, 5.41) is 34.3. The van der Waals surface area contributed by atoms with Gasteiger partial charge in [0.15, 0.2) is 11.4 Å². The molecular weight excluding hydrogens is 754 g/mol. The van der Waals surface area contributed by atoms with Crippen molar-refractivity contribution in [1.29, 1.82) is 10.5 Å². The minimum Gasteiger partial charge on any atom is -0.390 e. The van der Waals surface area contributed by atoms with Crippen LogP contribution in [0.2, 0.25) is 0 Å². The number of fused-ring (bicyclic) bond motifs is 1. The summed E-state index contributed by atoms with van der Waals surface area (Å²) in [4.78, 5) is 14.5. The molecule has 57 heavy (non-hydrogen) atoms. The van der Waals surface area contributed by atoms with Crippen molar-refractivity contribution in [3.05, 3.63) is 59.3 Å². The lowest BCUT2D eigenvalue weighted by Crippen LogP contribution is -2.29. The molecule has 0 amide bonds. The molecule has 0 spiro atoms. The molecule has 1 fully saturated rings. The lowest BCUT2D eigenvalue weighted by Gasteiger charge is -2.23. The van der Waals surface area contributed by atoms with E-state index in [0.29, 0.717) is 17.8 Å². The summed E-state index contributed by atoms with van der Waals surface area (Å²) in [7, 11) is -4.75. The zero-order valence-corrected chi connectivity index (χ0v) is 34.1. The number of phosphoric ester groups is 1. The number of benzene rings is 1. The molecule has 0 radical (unpaired) electrons. The van der Waals surface area contributed by atoms with E-state index < -0.39 is 50.8 Å². The lowest BCUT2D eigenvalue weighted by atomic mass is 9.96. The summed E-state index contributed by atoms with van der Waals surface area (Å²) in [6.45, 7) is 1.43. The van der Waals surface area contributed by atoms with Gasteiger partial charge in [-0.3, -0.25) is 9.05 Å². The molecular formula is C41H60FN6O8P. The van der Waals surface area contributed by atoms with Crippen molar-refractivity contribution >= 4 is 19.2 Å². The van der Waals surface area contributed by atoms with Crippen LogP contribution >= 0.6 is 7.82 Å². The van der Waals surface area contributed by atoms with Crippen LogP contribution in [0.1, 0.15) is 133 Å². The number of nitriles is 2. The monoisotopic (exact) mass is 814 g/mol. The molecule has 0 saturated carbocycles. The van der Waals surface area contributed by atoms with Gasteiger partial charge in [0.1, 0.15) is 35.9 Å². The first-order chi connectivity index (χ1) is 27.6. The van der Waals surface area contributed by atoms with Gasteiger partial charge in [0, 0.05) is 18.6 Å². The molecule has 16 heteroatoms. The van der Waals surface area contributed by atoms with Crippen LogP contribution in [0, 0.1) is 28.5 Å². The highest BCUT2D eigenvalue weighted by molar-refractivity contribution is 7.47. The maximum absolute atomic E-state index is 14.5. The highest BCUT2D eigenvalue weighted by Crippen LogP contribution is 2.46. The van der Waals surface area contributed by atoms with Gasteiger partial charge in [0.05, 0.1) is 49.9 Å². The summed E-state index contributed by atoms with van der Waals surface area (Å²) in [5.74, 6) is -0.374. The predicted molar refractivity (Wildman–Crippen MR) is 212 cm³/mol. The number of rotatable bonds is 29. The average molecular weight is 815 g/mol. The fraction of sp³-hybridized carbons (Fsp3) is 0.659. The van der Waals surface area contributed by atoms with Crippen molar-refractivity contribution in [3.8, 4) is 12.1 Å². The Morgan fingerprint density at radius 2 is 1.63 bits per heavy atom. The van der Waals surface area contributed by atoms with Gasteiger partial charge in [-0.05, 0) is 36.8 Å². The molecule has 0 bridgehead atoms. The van der Waals surface area contributed by atoms with Crippen molar-refractivity contribution in [1.82, 2.24) is 14.6 Å². The van der Waals surface area contributed by atoms with E-state index in [2.05, 4.69) is 23.1 Å². The van der Waals surface area contributed by atoms with Crippen molar-refractivity contribution in [2.24, 2.45) is 0 Å². The minimum atomic E-state index is -4.75. The molecule has 1 aliphatic heterocycles. The number of nitrogens with two attached hydrogens (primary N) is 1. The Morgan fingerprint density at radius 1 is 0.982 bits per heavy atom. The summed E-state index contributed by atoms with van der Waals surface area (Å²) >= 11 is 0. The number of aliphatic hydroxyl groups excluding tert-OH is 1. The van der Waals surface area contributed by atoms with E-state index in [1.54, 1.807) is 12.1 Å². The zero-order valence-electron chi connectivity index (χ0n) is 33.2. The Balaban J connectivity index is 1.18. The number of ether oxygens (including phenoxy) is 3. The Kier molecular flexibility index (Phi) is 19.8. The zero-order chi connectivity index (χ0) is 40.9. The number of phosphoric acid groups is 1. The van der Waals surface area contributed by atoms with Gasteiger partial charge in [-0.15, -0.1) is 0 Å². The number of halogens is 1. The van der Waals surface area contributed by atoms with Crippen LogP contribution in [0.4, 0.5) is 10.2 Å². The quantitative estimate of drug-likeness (QED) is 0.0447. The smallest absolute Gasteiger partial charge is 0.390 e. The number of anilines is 1. The first-order valence-electron chi connectivity index (χ1n) is 20.5. The Hall–Kier alpha value is -3.50. The van der Waals surface area contributed by atoms with Gasteiger partial charge in [0.2, 0.25) is 0 Å². The van der Waals surface area contributed by atoms with Gasteiger partial charge in [0.25, 0.3) is 0 Å². The summed E-state index contributed by atoms with van der Waals surface area (Å²) < 4.78 is 57.0. The SMILES string of the molecule is CCCCCCCCCCCCCCCCCCOC[C@H](COP(=O)(O)OC[C@H]1O[C@@](C#N)(c2ccc3c(N)ncnn23)C[C@@H]1O)OCc1cc(C#N)ccc1F. The fourth-order valence-corrected chi connectivity index (χ4v) is 7.73. The molecule has 3 heterocycles. The van der Waals surface area contributed by atoms with E-state index in [1.165, 1.54) is 113 Å².